The van der Waals surface area contributed by atoms with E-state index in [-0.39, 0.29) is 26.7 Å². The van der Waals surface area contributed by atoms with Gasteiger partial charge in [0.2, 0.25) is 0 Å². The SMILES string of the molecule is CC(C)(c1ccccc1)c1cc(CP(C2CCCNC2)C2CCCNC2)c(CP(C23CC4CC(CC(C4)C2)C3)C23CC4CC(CC(C4)C2)C3)cc1C(C)(C)c1ccccc1. The quantitative estimate of drug-likeness (QED) is 0.178. The van der Waals surface area contributed by atoms with Crippen LogP contribution in [0.5, 0.6) is 0 Å². The van der Waals surface area contributed by atoms with Gasteiger partial charge in [-0.05, 0) is 219 Å². The van der Waals surface area contributed by atoms with Crippen LogP contribution < -0.4 is 10.6 Å². The Morgan fingerprint density at radius 3 is 1.23 bits per heavy atom. The summed E-state index contributed by atoms with van der Waals surface area (Å²) >= 11 is 0. The molecule has 322 valence electrons. The van der Waals surface area contributed by atoms with E-state index in [0.717, 1.165) is 46.8 Å². The van der Waals surface area contributed by atoms with Crippen molar-refractivity contribution >= 4 is 15.8 Å². The smallest absolute Gasteiger partial charge is 0.0149 e. The third kappa shape index (κ3) is 7.47. The van der Waals surface area contributed by atoms with E-state index in [4.69, 9.17) is 0 Å². The molecule has 2 saturated heterocycles. The lowest BCUT2D eigenvalue weighted by molar-refractivity contribution is 0.0184. The number of rotatable bonds is 12. The summed E-state index contributed by atoms with van der Waals surface area (Å²) in [6.07, 6.45) is 27.3. The first kappa shape index (κ1) is 41.2. The second kappa shape index (κ2) is 16.2. The first-order valence-corrected chi connectivity index (χ1v) is 28.5. The summed E-state index contributed by atoms with van der Waals surface area (Å²) in [5.74, 6) is 6.18. The molecular weight excluding hydrogens is 763 g/mol. The van der Waals surface area contributed by atoms with Gasteiger partial charge in [0.15, 0.2) is 0 Å². The van der Waals surface area contributed by atoms with Crippen molar-refractivity contribution in [3.05, 3.63) is 106 Å². The molecule has 3 aromatic carbocycles. The highest BCUT2D eigenvalue weighted by molar-refractivity contribution is 7.60. The van der Waals surface area contributed by atoms with Gasteiger partial charge in [-0.1, -0.05) is 116 Å². The van der Waals surface area contributed by atoms with E-state index in [1.165, 1.54) is 75.3 Å². The average molecular weight is 841 g/mol. The fraction of sp³-hybridized carbons (Fsp3) is 0.679. The van der Waals surface area contributed by atoms with Crippen molar-refractivity contribution in [3.8, 4) is 0 Å². The van der Waals surface area contributed by atoms with Crippen LogP contribution in [-0.4, -0.2) is 47.8 Å². The zero-order valence-corrected chi connectivity index (χ0v) is 39.8. The summed E-state index contributed by atoms with van der Waals surface area (Å²) in [5, 5.41) is 9.15. The van der Waals surface area contributed by atoms with E-state index in [1.54, 1.807) is 93.7 Å². The Balaban J connectivity index is 1.11. The van der Waals surface area contributed by atoms with Crippen molar-refractivity contribution in [1.29, 1.82) is 0 Å². The molecule has 2 unspecified atom stereocenters. The zero-order chi connectivity index (χ0) is 40.7. The molecule has 2 atom stereocenters. The molecule has 0 radical (unpaired) electrons. The normalized spacial score (nSPS) is 37.0. The molecule has 2 aliphatic heterocycles. The standard InChI is InChI=1S/C56H78N2P2/c1-53(2,47-13-7-5-8-14-47)51-27-45(37-59(49-17-11-19-57-35-49)50-18-12-20-58-36-50)46(28-52(51)54(3,4)48-15-9-6-10-16-48)38-60(55-29-39-21-40(30-55)23-41(22-39)31-55)56-32-42-24-43(33-56)26-44(25-42)34-56/h5-10,13-16,27-28,39-44,49-50,57-58H,11-12,17-26,29-38H2,1-4H3. The van der Waals surface area contributed by atoms with Crippen LogP contribution in [0.1, 0.15) is 164 Å². The van der Waals surface area contributed by atoms with Crippen LogP contribution in [0.2, 0.25) is 0 Å². The number of hydrogen-bond acceptors (Lipinski definition) is 2. The van der Waals surface area contributed by atoms with Crippen molar-refractivity contribution in [3.63, 3.8) is 0 Å². The first-order chi connectivity index (χ1) is 29.1. The predicted octanol–water partition coefficient (Wildman–Crippen LogP) is 13.7. The minimum atomic E-state index is -0.170. The van der Waals surface area contributed by atoms with Crippen LogP contribution in [0.15, 0.2) is 72.8 Å². The van der Waals surface area contributed by atoms with Crippen molar-refractivity contribution in [2.75, 3.05) is 26.2 Å². The molecule has 0 amide bonds. The number of benzene rings is 3. The molecule has 0 aromatic heterocycles. The van der Waals surface area contributed by atoms with Gasteiger partial charge in [-0.2, -0.15) is 0 Å². The van der Waals surface area contributed by atoms with E-state index in [0.29, 0.717) is 10.3 Å². The van der Waals surface area contributed by atoms with E-state index in [2.05, 4.69) is 111 Å². The monoisotopic (exact) mass is 841 g/mol. The molecule has 13 rings (SSSR count). The van der Waals surface area contributed by atoms with Gasteiger partial charge in [0.05, 0.1) is 0 Å². The summed E-state index contributed by atoms with van der Waals surface area (Å²) in [7, 11) is -0.327. The van der Waals surface area contributed by atoms with Crippen LogP contribution >= 0.6 is 15.8 Å². The van der Waals surface area contributed by atoms with Crippen molar-refractivity contribution in [1.82, 2.24) is 10.6 Å². The fourth-order valence-corrected chi connectivity index (χ4v) is 25.6. The molecule has 0 spiro atoms. The Bertz CT molecular complexity index is 1840. The molecule has 8 saturated carbocycles. The molecule has 10 fully saturated rings. The Kier molecular flexibility index (Phi) is 11.1. The molecule has 4 heteroatoms. The summed E-state index contributed by atoms with van der Waals surface area (Å²) in [4.78, 5) is 0. The van der Waals surface area contributed by atoms with E-state index >= 15 is 0 Å². The molecule has 2 nitrogen and oxygen atoms in total. The zero-order valence-electron chi connectivity index (χ0n) is 38.0. The lowest BCUT2D eigenvalue weighted by Gasteiger charge is -2.67. The summed E-state index contributed by atoms with van der Waals surface area (Å²) in [6.45, 7) is 15.2. The van der Waals surface area contributed by atoms with Gasteiger partial charge in [-0.15, -0.1) is 0 Å². The number of nitrogens with one attached hydrogen (secondary N) is 2. The molecule has 10 aliphatic rings. The van der Waals surface area contributed by atoms with E-state index in [1.807, 2.05) is 5.56 Å². The molecule has 8 bridgehead atoms. The highest BCUT2D eigenvalue weighted by Gasteiger charge is 2.62. The van der Waals surface area contributed by atoms with Gasteiger partial charge in [0, 0.05) is 23.9 Å². The predicted molar refractivity (Wildman–Crippen MR) is 258 cm³/mol. The lowest BCUT2D eigenvalue weighted by atomic mass is 9.55. The van der Waals surface area contributed by atoms with Crippen molar-refractivity contribution in [2.45, 2.75) is 175 Å². The summed E-state index contributed by atoms with van der Waals surface area (Å²) in [6, 6.07) is 29.1. The second-order valence-corrected chi connectivity index (χ2v) is 29.6. The summed E-state index contributed by atoms with van der Waals surface area (Å²) < 4.78 is 0. The Morgan fingerprint density at radius 2 is 0.883 bits per heavy atom. The molecule has 2 N–H and O–H groups in total. The first-order valence-electron chi connectivity index (χ1n) is 25.3. The van der Waals surface area contributed by atoms with Gasteiger partial charge < -0.3 is 10.6 Å². The number of hydrogen-bond donors (Lipinski definition) is 2. The summed E-state index contributed by atoms with van der Waals surface area (Å²) in [5.41, 5.74) is 11.2. The van der Waals surface area contributed by atoms with Gasteiger partial charge in [0.25, 0.3) is 0 Å². The third-order valence-electron chi connectivity index (χ3n) is 19.0. The average Bonchev–Trinajstić information content (AvgIpc) is 3.25. The van der Waals surface area contributed by atoms with E-state index in [9.17, 15) is 0 Å². The minimum Gasteiger partial charge on any atom is -0.316 e. The maximum Gasteiger partial charge on any atom is 0.0149 e. The van der Waals surface area contributed by atoms with Crippen molar-refractivity contribution < 1.29 is 0 Å². The van der Waals surface area contributed by atoms with Gasteiger partial charge in [0.1, 0.15) is 0 Å². The topological polar surface area (TPSA) is 24.1 Å². The Hall–Kier alpha value is -1.56. The third-order valence-corrected chi connectivity index (χ3v) is 26.5. The van der Waals surface area contributed by atoms with Crippen LogP contribution in [0.3, 0.4) is 0 Å². The molecule has 3 aromatic rings. The van der Waals surface area contributed by atoms with Gasteiger partial charge in [-0.3, -0.25) is 0 Å². The highest BCUT2D eigenvalue weighted by Crippen LogP contribution is 2.80. The number of piperidine rings is 2. The molecule has 60 heavy (non-hydrogen) atoms. The highest BCUT2D eigenvalue weighted by atomic mass is 31.1. The van der Waals surface area contributed by atoms with E-state index < -0.39 is 0 Å². The van der Waals surface area contributed by atoms with Gasteiger partial charge in [-0.25, -0.2) is 0 Å². The van der Waals surface area contributed by atoms with Gasteiger partial charge >= 0.3 is 0 Å². The van der Waals surface area contributed by atoms with Crippen LogP contribution in [0.25, 0.3) is 0 Å². The Labute approximate surface area is 367 Å². The lowest BCUT2D eigenvalue weighted by Crippen LogP contribution is -2.56. The second-order valence-electron chi connectivity index (χ2n) is 23.7. The largest absolute Gasteiger partial charge is 0.316 e. The fourth-order valence-electron chi connectivity index (χ4n) is 16.8. The van der Waals surface area contributed by atoms with Crippen LogP contribution in [-0.2, 0) is 23.2 Å². The minimum absolute atomic E-state index is 0.106. The molecular formula is C56H78N2P2. The Morgan fingerprint density at radius 1 is 0.517 bits per heavy atom. The molecule has 8 aliphatic carbocycles. The maximum atomic E-state index is 3.94. The molecule has 2 heterocycles. The van der Waals surface area contributed by atoms with Crippen LogP contribution in [0.4, 0.5) is 0 Å². The van der Waals surface area contributed by atoms with Crippen LogP contribution in [0, 0.1) is 35.5 Å². The maximum absolute atomic E-state index is 3.94. The van der Waals surface area contributed by atoms with Crippen molar-refractivity contribution in [2.24, 2.45) is 35.5 Å².